The van der Waals surface area contributed by atoms with Crippen LogP contribution in [-0.4, -0.2) is 31.3 Å². The van der Waals surface area contributed by atoms with Gasteiger partial charge in [-0.3, -0.25) is 4.79 Å². The number of nitrogens with zero attached hydrogens (tertiary/aromatic N) is 1. The fourth-order valence-electron chi connectivity index (χ4n) is 3.37. The van der Waals surface area contributed by atoms with Gasteiger partial charge in [-0.15, -0.1) is 0 Å². The van der Waals surface area contributed by atoms with Crippen LogP contribution in [-0.2, 0) is 21.4 Å². The smallest absolute Gasteiger partial charge is 0.262 e. The highest BCUT2D eigenvalue weighted by atomic mass is 35.5. The number of hydrogen-bond donors (Lipinski definition) is 1. The molecule has 4 rings (SSSR count). The van der Waals surface area contributed by atoms with Crippen LogP contribution in [0.5, 0.6) is 5.75 Å². The predicted octanol–water partition coefficient (Wildman–Crippen LogP) is 4.15. The van der Waals surface area contributed by atoms with Crippen LogP contribution >= 0.6 is 11.6 Å². The minimum absolute atomic E-state index is 0.000216. The van der Waals surface area contributed by atoms with Crippen LogP contribution < -0.4 is 10.1 Å². The molecule has 0 bridgehead atoms. The van der Waals surface area contributed by atoms with Crippen molar-refractivity contribution in [1.82, 2.24) is 4.31 Å². The number of anilines is 1. The number of fused-ring (bicyclic) bond motifs is 1. The molecular formula is C21H23ClN2O4S. The summed E-state index contributed by atoms with van der Waals surface area (Å²) in [6.07, 6.45) is 1.66. The van der Waals surface area contributed by atoms with E-state index >= 15 is 0 Å². The van der Waals surface area contributed by atoms with E-state index < -0.39 is 10.0 Å². The molecule has 0 atom stereocenters. The third kappa shape index (κ3) is 4.13. The number of carbonyl (C=O) groups excluding carboxylic acids is 1. The minimum Gasteiger partial charge on any atom is -0.482 e. The Hall–Kier alpha value is -2.09. The monoisotopic (exact) mass is 434 g/mol. The fourth-order valence-corrected chi connectivity index (χ4v) is 5.56. The molecule has 1 N–H and O–H groups in total. The van der Waals surface area contributed by atoms with E-state index in [1.165, 1.54) is 22.0 Å². The van der Waals surface area contributed by atoms with Crippen molar-refractivity contribution >= 4 is 33.2 Å². The van der Waals surface area contributed by atoms with Crippen molar-refractivity contribution in [3.63, 3.8) is 0 Å². The van der Waals surface area contributed by atoms with Gasteiger partial charge in [-0.2, -0.15) is 4.31 Å². The molecule has 2 aliphatic rings. The molecule has 8 heteroatoms. The number of sulfonamides is 1. The van der Waals surface area contributed by atoms with Gasteiger partial charge < -0.3 is 10.1 Å². The Morgan fingerprint density at radius 1 is 1.21 bits per heavy atom. The van der Waals surface area contributed by atoms with Crippen molar-refractivity contribution in [3.05, 3.63) is 52.5 Å². The second-order valence-electron chi connectivity index (χ2n) is 7.79. The Labute approximate surface area is 175 Å². The summed E-state index contributed by atoms with van der Waals surface area (Å²) in [6.45, 7) is 4.39. The molecule has 0 unspecified atom stereocenters. The fraction of sp³-hybridized carbons (Fsp3) is 0.381. The number of nitrogens with one attached hydrogen (secondary N) is 1. The molecule has 154 valence electrons. The van der Waals surface area contributed by atoms with Gasteiger partial charge in [0.25, 0.3) is 5.91 Å². The molecule has 0 spiro atoms. The molecule has 0 aromatic heterocycles. The SMILES string of the molecule is CC(C)c1ccc(CN(C2CC2)S(=O)(=O)c2cc3c(cc2Cl)NC(=O)CO3)cc1. The maximum atomic E-state index is 13.5. The Balaban J connectivity index is 1.66. The highest BCUT2D eigenvalue weighted by Crippen LogP contribution is 2.40. The molecule has 1 amide bonds. The van der Waals surface area contributed by atoms with E-state index in [-0.39, 0.29) is 35.0 Å². The van der Waals surface area contributed by atoms with Crippen LogP contribution in [0.4, 0.5) is 5.69 Å². The highest BCUT2D eigenvalue weighted by molar-refractivity contribution is 7.89. The van der Waals surface area contributed by atoms with E-state index in [9.17, 15) is 13.2 Å². The first-order chi connectivity index (χ1) is 13.8. The number of halogens is 1. The van der Waals surface area contributed by atoms with Gasteiger partial charge in [-0.05, 0) is 36.0 Å². The summed E-state index contributed by atoms with van der Waals surface area (Å²) in [6, 6.07) is 10.9. The van der Waals surface area contributed by atoms with E-state index in [2.05, 4.69) is 19.2 Å². The summed E-state index contributed by atoms with van der Waals surface area (Å²) in [7, 11) is -3.83. The zero-order valence-corrected chi connectivity index (χ0v) is 17.9. The van der Waals surface area contributed by atoms with Gasteiger partial charge in [0.05, 0.1) is 10.7 Å². The number of carbonyl (C=O) groups is 1. The molecule has 0 radical (unpaired) electrons. The standard InChI is InChI=1S/C21H23ClN2O4S/c1-13(2)15-5-3-14(4-6-15)11-24(16-7-8-16)29(26,27)20-10-19-18(9-17(20)22)23-21(25)12-28-19/h3-6,9-10,13,16H,7-8,11-12H2,1-2H3,(H,23,25). The van der Waals surface area contributed by atoms with Gasteiger partial charge in [-0.1, -0.05) is 49.7 Å². The lowest BCUT2D eigenvalue weighted by Crippen LogP contribution is -2.33. The highest BCUT2D eigenvalue weighted by Gasteiger charge is 2.39. The van der Waals surface area contributed by atoms with Crippen molar-refractivity contribution in [2.75, 3.05) is 11.9 Å². The zero-order valence-electron chi connectivity index (χ0n) is 16.3. The Morgan fingerprint density at radius 2 is 1.90 bits per heavy atom. The lowest BCUT2D eigenvalue weighted by Gasteiger charge is -2.25. The summed E-state index contributed by atoms with van der Waals surface area (Å²) in [5.41, 5.74) is 2.53. The van der Waals surface area contributed by atoms with Crippen LogP contribution in [0.2, 0.25) is 5.02 Å². The van der Waals surface area contributed by atoms with Crippen molar-refractivity contribution in [2.45, 2.75) is 50.1 Å². The molecule has 1 aliphatic carbocycles. The second-order valence-corrected chi connectivity index (χ2v) is 10.1. The zero-order chi connectivity index (χ0) is 20.8. The second kappa shape index (κ2) is 7.63. The Morgan fingerprint density at radius 3 is 2.52 bits per heavy atom. The van der Waals surface area contributed by atoms with Crippen molar-refractivity contribution in [2.24, 2.45) is 0 Å². The predicted molar refractivity (Wildman–Crippen MR) is 112 cm³/mol. The number of amides is 1. The van der Waals surface area contributed by atoms with Gasteiger partial charge >= 0.3 is 0 Å². The first kappa shape index (κ1) is 20.2. The third-order valence-electron chi connectivity index (χ3n) is 5.19. The van der Waals surface area contributed by atoms with E-state index in [4.69, 9.17) is 16.3 Å². The average molecular weight is 435 g/mol. The molecular weight excluding hydrogens is 412 g/mol. The van der Waals surface area contributed by atoms with Crippen LogP contribution in [0.25, 0.3) is 0 Å². The molecule has 6 nitrogen and oxygen atoms in total. The van der Waals surface area contributed by atoms with E-state index in [1.54, 1.807) is 0 Å². The molecule has 2 aromatic carbocycles. The third-order valence-corrected chi connectivity index (χ3v) is 7.56. The average Bonchev–Trinajstić information content (AvgIpc) is 3.50. The van der Waals surface area contributed by atoms with Gasteiger partial charge in [0.15, 0.2) is 6.61 Å². The van der Waals surface area contributed by atoms with Crippen molar-refractivity contribution in [1.29, 1.82) is 0 Å². The number of benzene rings is 2. The minimum atomic E-state index is -3.83. The summed E-state index contributed by atoms with van der Waals surface area (Å²) in [5, 5.41) is 2.71. The lowest BCUT2D eigenvalue weighted by molar-refractivity contribution is -0.118. The summed E-state index contributed by atoms with van der Waals surface area (Å²) in [4.78, 5) is 11.5. The first-order valence-electron chi connectivity index (χ1n) is 9.62. The number of ether oxygens (including phenoxy) is 1. The quantitative estimate of drug-likeness (QED) is 0.741. The summed E-state index contributed by atoms with van der Waals surface area (Å²) < 4.78 is 33.8. The van der Waals surface area contributed by atoms with Gasteiger partial charge in [-0.25, -0.2) is 8.42 Å². The molecule has 1 aliphatic heterocycles. The van der Waals surface area contributed by atoms with Gasteiger partial charge in [0.1, 0.15) is 10.6 Å². The Bertz CT molecular complexity index is 1050. The summed E-state index contributed by atoms with van der Waals surface area (Å²) in [5.74, 6) is 0.431. The maximum Gasteiger partial charge on any atom is 0.262 e. The molecule has 2 aromatic rings. The molecule has 29 heavy (non-hydrogen) atoms. The maximum absolute atomic E-state index is 13.5. The van der Waals surface area contributed by atoms with Crippen LogP contribution in [0.3, 0.4) is 0 Å². The molecule has 1 fully saturated rings. The van der Waals surface area contributed by atoms with Gasteiger partial charge in [0.2, 0.25) is 10.0 Å². The van der Waals surface area contributed by atoms with Crippen molar-refractivity contribution < 1.29 is 17.9 Å². The van der Waals surface area contributed by atoms with E-state index in [0.29, 0.717) is 17.4 Å². The number of hydrogen-bond acceptors (Lipinski definition) is 4. The topological polar surface area (TPSA) is 75.7 Å². The molecule has 0 saturated heterocycles. The van der Waals surface area contributed by atoms with Crippen LogP contribution in [0.15, 0.2) is 41.3 Å². The normalized spacial score (nSPS) is 16.5. The van der Waals surface area contributed by atoms with E-state index in [1.807, 2.05) is 24.3 Å². The number of rotatable bonds is 6. The first-order valence-corrected chi connectivity index (χ1v) is 11.4. The van der Waals surface area contributed by atoms with Crippen molar-refractivity contribution in [3.8, 4) is 5.75 Å². The van der Waals surface area contributed by atoms with Crippen LogP contribution in [0.1, 0.15) is 43.7 Å². The van der Waals surface area contributed by atoms with Gasteiger partial charge in [0, 0.05) is 18.7 Å². The largest absolute Gasteiger partial charge is 0.482 e. The molecule has 1 saturated carbocycles. The van der Waals surface area contributed by atoms with E-state index in [0.717, 1.165) is 18.4 Å². The lowest BCUT2D eigenvalue weighted by atomic mass is 10.0. The van der Waals surface area contributed by atoms with Crippen LogP contribution in [0, 0.1) is 0 Å². The summed E-state index contributed by atoms with van der Waals surface area (Å²) >= 11 is 6.31. The Kier molecular flexibility index (Phi) is 5.31. The molecule has 1 heterocycles.